The summed E-state index contributed by atoms with van der Waals surface area (Å²) in [6.45, 7) is 0. The Morgan fingerprint density at radius 3 is 2.56 bits per heavy atom. The van der Waals surface area contributed by atoms with E-state index in [1.165, 1.54) is 0 Å². The molecule has 0 saturated heterocycles. The second kappa shape index (κ2) is 5.96. The molecule has 2 heterocycles. The van der Waals surface area contributed by atoms with Crippen LogP contribution in [0.15, 0.2) is 60.1 Å². The summed E-state index contributed by atoms with van der Waals surface area (Å²) in [7, 11) is 0. The van der Waals surface area contributed by atoms with Gasteiger partial charge in [-0.3, -0.25) is 4.98 Å². The van der Waals surface area contributed by atoms with Crippen molar-refractivity contribution < 1.29 is 4.74 Å². The molecule has 0 radical (unpaired) electrons. The molecular formula is C19H11Cl2N3O. The number of benzene rings is 2. The zero-order chi connectivity index (χ0) is 17.6. The highest BCUT2D eigenvalue weighted by molar-refractivity contribution is 6.36. The Labute approximate surface area is 154 Å². The number of hydrogen-bond acceptors (Lipinski definition) is 4. The summed E-state index contributed by atoms with van der Waals surface area (Å²) in [4.78, 5) is 4.40. The predicted molar refractivity (Wildman–Crippen MR) is 97.5 cm³/mol. The van der Waals surface area contributed by atoms with Crippen molar-refractivity contribution in [2.24, 2.45) is 5.73 Å². The van der Waals surface area contributed by atoms with E-state index in [0.29, 0.717) is 26.9 Å². The lowest BCUT2D eigenvalue weighted by Crippen LogP contribution is -2.21. The van der Waals surface area contributed by atoms with Crippen molar-refractivity contribution in [1.29, 1.82) is 5.26 Å². The van der Waals surface area contributed by atoms with Gasteiger partial charge in [0.05, 0.1) is 5.92 Å². The summed E-state index contributed by atoms with van der Waals surface area (Å²) in [5.41, 5.74) is 8.38. The number of nitrogens with two attached hydrogens (primary N) is 1. The standard InChI is InChI=1S/C19H11Cl2N3O/c20-13-4-1-5-14(21)16(13)15-11-7-6-10-3-2-8-24-17(10)18(11)25-19(23)12(15)9-22/h1-8,15H,23H2/t15-/m0/s1. The summed E-state index contributed by atoms with van der Waals surface area (Å²) in [6, 6.07) is 15.0. The number of allylic oxidation sites excluding steroid dienone is 1. The lowest BCUT2D eigenvalue weighted by Gasteiger charge is -2.28. The molecule has 0 amide bonds. The van der Waals surface area contributed by atoms with Crippen molar-refractivity contribution in [2.75, 3.05) is 0 Å². The van der Waals surface area contributed by atoms with Gasteiger partial charge >= 0.3 is 0 Å². The molecule has 1 aliphatic rings. The number of nitriles is 1. The average molecular weight is 368 g/mol. The van der Waals surface area contributed by atoms with Gasteiger partial charge in [-0.15, -0.1) is 0 Å². The summed E-state index contributed by atoms with van der Waals surface area (Å²) in [5, 5.41) is 11.5. The van der Waals surface area contributed by atoms with Crippen LogP contribution in [0.25, 0.3) is 10.9 Å². The minimum atomic E-state index is -0.513. The molecule has 3 aromatic rings. The molecule has 4 rings (SSSR count). The zero-order valence-electron chi connectivity index (χ0n) is 12.8. The van der Waals surface area contributed by atoms with E-state index in [9.17, 15) is 5.26 Å². The highest BCUT2D eigenvalue weighted by Crippen LogP contribution is 2.48. The van der Waals surface area contributed by atoms with Crippen molar-refractivity contribution >= 4 is 34.1 Å². The van der Waals surface area contributed by atoms with E-state index in [1.807, 2.05) is 24.3 Å². The molecule has 25 heavy (non-hydrogen) atoms. The van der Waals surface area contributed by atoms with Crippen LogP contribution < -0.4 is 10.5 Å². The number of pyridine rings is 1. The lowest BCUT2D eigenvalue weighted by molar-refractivity contribution is 0.397. The van der Waals surface area contributed by atoms with Gasteiger partial charge in [-0.05, 0) is 18.2 Å². The van der Waals surface area contributed by atoms with Crippen LogP contribution in [0.2, 0.25) is 10.0 Å². The fourth-order valence-corrected chi connectivity index (χ4v) is 3.75. The van der Waals surface area contributed by atoms with Crippen molar-refractivity contribution in [1.82, 2.24) is 4.98 Å². The van der Waals surface area contributed by atoms with Crippen LogP contribution in [-0.2, 0) is 0 Å². The Hall–Kier alpha value is -2.74. The average Bonchev–Trinajstić information content (AvgIpc) is 2.61. The van der Waals surface area contributed by atoms with Gasteiger partial charge in [0.2, 0.25) is 5.88 Å². The first-order valence-corrected chi connectivity index (χ1v) is 8.26. The fourth-order valence-electron chi connectivity index (χ4n) is 3.14. The first kappa shape index (κ1) is 15.8. The second-order valence-electron chi connectivity index (χ2n) is 5.62. The van der Waals surface area contributed by atoms with E-state index in [1.54, 1.807) is 24.4 Å². The normalized spacial score (nSPS) is 16.3. The molecule has 122 valence electrons. The number of aromatic nitrogens is 1. The topological polar surface area (TPSA) is 71.9 Å². The minimum Gasteiger partial charge on any atom is -0.438 e. The molecule has 1 atom stereocenters. The van der Waals surface area contributed by atoms with E-state index in [0.717, 1.165) is 10.9 Å². The number of ether oxygens (including phenoxy) is 1. The van der Waals surface area contributed by atoms with E-state index in [2.05, 4.69) is 11.1 Å². The maximum Gasteiger partial charge on any atom is 0.205 e. The SMILES string of the molecule is N#CC1=C(N)Oc2c(ccc3cccnc23)[C@@H]1c1c(Cl)cccc1Cl. The number of halogens is 2. The van der Waals surface area contributed by atoms with E-state index < -0.39 is 5.92 Å². The Balaban J connectivity index is 2.07. The second-order valence-corrected chi connectivity index (χ2v) is 6.43. The van der Waals surface area contributed by atoms with Crippen LogP contribution in [-0.4, -0.2) is 4.98 Å². The first-order chi connectivity index (χ1) is 12.1. The highest BCUT2D eigenvalue weighted by Gasteiger charge is 2.34. The molecule has 4 nitrogen and oxygen atoms in total. The smallest absolute Gasteiger partial charge is 0.205 e. The van der Waals surface area contributed by atoms with Crippen molar-refractivity contribution in [2.45, 2.75) is 5.92 Å². The van der Waals surface area contributed by atoms with E-state index >= 15 is 0 Å². The van der Waals surface area contributed by atoms with Gasteiger partial charge in [-0.2, -0.15) is 5.26 Å². The van der Waals surface area contributed by atoms with Crippen molar-refractivity contribution in [3.63, 3.8) is 0 Å². The van der Waals surface area contributed by atoms with Crippen LogP contribution in [0.1, 0.15) is 17.0 Å². The van der Waals surface area contributed by atoms with Gasteiger partial charge in [0.15, 0.2) is 5.75 Å². The molecule has 0 unspecified atom stereocenters. The molecule has 1 aromatic heterocycles. The molecule has 0 fully saturated rings. The quantitative estimate of drug-likeness (QED) is 0.672. The monoisotopic (exact) mass is 367 g/mol. The predicted octanol–water partition coefficient (Wildman–Crippen LogP) is 4.76. The van der Waals surface area contributed by atoms with Crippen LogP contribution >= 0.6 is 23.2 Å². The lowest BCUT2D eigenvalue weighted by atomic mass is 9.83. The number of fused-ring (bicyclic) bond motifs is 3. The van der Waals surface area contributed by atoms with E-state index in [-0.39, 0.29) is 11.5 Å². The van der Waals surface area contributed by atoms with Crippen LogP contribution in [0, 0.1) is 11.3 Å². The van der Waals surface area contributed by atoms with Gasteiger partial charge in [0, 0.05) is 32.8 Å². The number of rotatable bonds is 1. The maximum absolute atomic E-state index is 9.64. The number of hydrogen-bond donors (Lipinski definition) is 1. The Morgan fingerprint density at radius 1 is 1.08 bits per heavy atom. The van der Waals surface area contributed by atoms with Crippen molar-refractivity contribution in [3.05, 3.63) is 81.3 Å². The van der Waals surface area contributed by atoms with Crippen LogP contribution in [0.4, 0.5) is 0 Å². The maximum atomic E-state index is 9.64. The molecule has 2 N–H and O–H groups in total. The summed E-state index contributed by atoms with van der Waals surface area (Å²) in [5.74, 6) is 0.0473. The largest absolute Gasteiger partial charge is 0.438 e. The third-order valence-electron chi connectivity index (χ3n) is 4.24. The van der Waals surface area contributed by atoms with Gasteiger partial charge in [0.1, 0.15) is 17.2 Å². The molecule has 1 aliphatic heterocycles. The minimum absolute atomic E-state index is 0.0362. The van der Waals surface area contributed by atoms with Gasteiger partial charge < -0.3 is 10.5 Å². The molecule has 6 heteroatoms. The molecule has 0 bridgehead atoms. The van der Waals surface area contributed by atoms with E-state index in [4.69, 9.17) is 33.7 Å². The van der Waals surface area contributed by atoms with Gasteiger partial charge in [0.25, 0.3) is 0 Å². The number of nitrogens with zero attached hydrogens (tertiary/aromatic N) is 2. The molecular weight excluding hydrogens is 357 g/mol. The molecule has 0 spiro atoms. The highest BCUT2D eigenvalue weighted by atomic mass is 35.5. The molecule has 2 aromatic carbocycles. The fraction of sp³-hybridized carbons (Fsp3) is 0.0526. The Bertz CT molecular complexity index is 1070. The Morgan fingerprint density at radius 2 is 1.84 bits per heavy atom. The third-order valence-corrected chi connectivity index (χ3v) is 4.90. The summed E-state index contributed by atoms with van der Waals surface area (Å²) < 4.78 is 5.77. The molecule has 0 aliphatic carbocycles. The summed E-state index contributed by atoms with van der Waals surface area (Å²) in [6.07, 6.45) is 1.68. The third kappa shape index (κ3) is 2.41. The first-order valence-electron chi connectivity index (χ1n) is 7.51. The zero-order valence-corrected chi connectivity index (χ0v) is 14.3. The van der Waals surface area contributed by atoms with Gasteiger partial charge in [-0.25, -0.2) is 0 Å². The van der Waals surface area contributed by atoms with Crippen LogP contribution in [0.5, 0.6) is 5.75 Å². The Kier molecular flexibility index (Phi) is 3.76. The molecule has 0 saturated carbocycles. The summed E-state index contributed by atoms with van der Waals surface area (Å²) >= 11 is 12.8. The van der Waals surface area contributed by atoms with Crippen LogP contribution in [0.3, 0.4) is 0 Å². The van der Waals surface area contributed by atoms with Crippen molar-refractivity contribution in [3.8, 4) is 11.8 Å². The van der Waals surface area contributed by atoms with Gasteiger partial charge in [-0.1, -0.05) is 47.5 Å².